The number of likely N-dealkylation sites (N-methyl/N-ethyl adjacent to an activating group) is 1. The minimum atomic E-state index is 0.221. The van der Waals surface area contributed by atoms with Gasteiger partial charge in [0.05, 0.1) is 2.88 Å². The van der Waals surface area contributed by atoms with Crippen molar-refractivity contribution < 1.29 is 0 Å². The summed E-state index contributed by atoms with van der Waals surface area (Å²) < 4.78 is 1.37. The van der Waals surface area contributed by atoms with Crippen LogP contribution in [0, 0.1) is 2.88 Å². The van der Waals surface area contributed by atoms with Gasteiger partial charge in [0, 0.05) is 25.2 Å². The van der Waals surface area contributed by atoms with Gasteiger partial charge < -0.3 is 10.2 Å². The molecule has 4 heteroatoms. The highest BCUT2D eigenvalue weighted by Crippen LogP contribution is 2.17. The number of thiophene rings is 1. The lowest BCUT2D eigenvalue weighted by atomic mass is 10.1. The molecule has 0 radical (unpaired) electrons. The second-order valence-corrected chi connectivity index (χ2v) is 7.98. The first kappa shape index (κ1) is 14.4. The molecule has 2 nitrogen and oxygen atoms in total. The third kappa shape index (κ3) is 6.18. The van der Waals surface area contributed by atoms with E-state index in [1.165, 1.54) is 8.45 Å². The maximum atomic E-state index is 3.50. The summed E-state index contributed by atoms with van der Waals surface area (Å²) in [6, 6.07) is 2.26. The van der Waals surface area contributed by atoms with Gasteiger partial charge in [-0.1, -0.05) is 0 Å². The number of hydrogen-bond donors (Lipinski definition) is 1. The van der Waals surface area contributed by atoms with Gasteiger partial charge in [-0.2, -0.15) is 0 Å². The summed E-state index contributed by atoms with van der Waals surface area (Å²) in [5.41, 5.74) is 1.64. The molecule has 0 amide bonds. The Labute approximate surface area is 117 Å². The van der Waals surface area contributed by atoms with E-state index in [1.54, 1.807) is 0 Å². The molecular formula is C12H21IN2S. The van der Waals surface area contributed by atoms with Crippen molar-refractivity contribution in [2.24, 2.45) is 0 Å². The Hall–Kier alpha value is 0.350. The predicted octanol–water partition coefficient (Wildman–Crippen LogP) is 3.17. The zero-order chi connectivity index (χ0) is 12.2. The first-order valence-electron chi connectivity index (χ1n) is 5.53. The van der Waals surface area contributed by atoms with Crippen molar-refractivity contribution in [3.8, 4) is 0 Å². The van der Waals surface area contributed by atoms with E-state index in [1.807, 2.05) is 11.3 Å². The van der Waals surface area contributed by atoms with Gasteiger partial charge in [0.15, 0.2) is 0 Å². The number of nitrogens with one attached hydrogen (secondary N) is 1. The van der Waals surface area contributed by atoms with E-state index in [2.05, 4.69) is 72.1 Å². The molecule has 0 spiro atoms. The second-order valence-electron chi connectivity index (χ2n) is 5.17. The fourth-order valence-electron chi connectivity index (χ4n) is 1.44. The largest absolute Gasteiger partial charge is 0.311 e. The molecule has 0 aliphatic heterocycles. The van der Waals surface area contributed by atoms with Gasteiger partial charge in [-0.3, -0.25) is 0 Å². The summed E-state index contributed by atoms with van der Waals surface area (Å²) in [5, 5.41) is 5.75. The van der Waals surface area contributed by atoms with Crippen LogP contribution in [0.4, 0.5) is 0 Å². The zero-order valence-corrected chi connectivity index (χ0v) is 13.5. The van der Waals surface area contributed by atoms with Gasteiger partial charge in [-0.25, -0.2) is 0 Å². The van der Waals surface area contributed by atoms with Crippen LogP contribution in [0.1, 0.15) is 26.3 Å². The highest BCUT2D eigenvalue weighted by molar-refractivity contribution is 14.1. The van der Waals surface area contributed by atoms with E-state index in [-0.39, 0.29) is 5.54 Å². The Kier molecular flexibility index (Phi) is 5.70. The maximum Gasteiger partial charge on any atom is 0.0656 e. The molecule has 16 heavy (non-hydrogen) atoms. The van der Waals surface area contributed by atoms with Crippen LogP contribution in [0.15, 0.2) is 11.4 Å². The van der Waals surface area contributed by atoms with Crippen LogP contribution in [0.5, 0.6) is 0 Å². The minimum Gasteiger partial charge on any atom is -0.311 e. The second kappa shape index (κ2) is 6.33. The van der Waals surface area contributed by atoms with Crippen molar-refractivity contribution in [3.05, 3.63) is 19.9 Å². The van der Waals surface area contributed by atoms with Gasteiger partial charge in [0.2, 0.25) is 0 Å². The highest BCUT2D eigenvalue weighted by atomic mass is 127. The van der Waals surface area contributed by atoms with Crippen LogP contribution >= 0.6 is 33.9 Å². The molecular weight excluding hydrogens is 331 g/mol. The highest BCUT2D eigenvalue weighted by Gasteiger charge is 2.08. The molecule has 0 aliphatic rings. The molecule has 1 aromatic heterocycles. The summed E-state index contributed by atoms with van der Waals surface area (Å²) in [6.45, 7) is 9.78. The summed E-state index contributed by atoms with van der Waals surface area (Å²) in [7, 11) is 2.18. The van der Waals surface area contributed by atoms with Gasteiger partial charge in [-0.15, -0.1) is 11.3 Å². The van der Waals surface area contributed by atoms with Gasteiger partial charge in [-0.05, 0) is 67.4 Å². The Morgan fingerprint density at radius 3 is 2.62 bits per heavy atom. The smallest absolute Gasteiger partial charge is 0.0656 e. The zero-order valence-electron chi connectivity index (χ0n) is 10.5. The quantitative estimate of drug-likeness (QED) is 0.819. The van der Waals surface area contributed by atoms with Crippen molar-refractivity contribution in [2.75, 3.05) is 20.1 Å². The molecule has 1 aromatic rings. The van der Waals surface area contributed by atoms with Gasteiger partial charge in [0.1, 0.15) is 0 Å². The van der Waals surface area contributed by atoms with Crippen LogP contribution in [-0.4, -0.2) is 30.6 Å². The van der Waals surface area contributed by atoms with E-state index in [4.69, 9.17) is 0 Å². The fraction of sp³-hybridized carbons (Fsp3) is 0.667. The normalized spacial score (nSPS) is 12.4. The Morgan fingerprint density at radius 1 is 1.44 bits per heavy atom. The molecule has 0 atom stereocenters. The van der Waals surface area contributed by atoms with Gasteiger partial charge >= 0.3 is 0 Å². The lowest BCUT2D eigenvalue weighted by Gasteiger charge is -2.23. The SMILES string of the molecule is CN(CCNC(C)(C)C)Cc1csc(I)c1. The molecule has 0 unspecified atom stereocenters. The average molecular weight is 352 g/mol. The third-order valence-corrected chi connectivity index (χ3v) is 4.06. The number of rotatable bonds is 5. The topological polar surface area (TPSA) is 15.3 Å². The maximum absolute atomic E-state index is 3.50. The fourth-order valence-corrected chi connectivity index (χ4v) is 2.85. The van der Waals surface area contributed by atoms with Crippen molar-refractivity contribution in [3.63, 3.8) is 0 Å². The predicted molar refractivity (Wildman–Crippen MR) is 81.1 cm³/mol. The van der Waals surface area contributed by atoms with Crippen molar-refractivity contribution in [1.29, 1.82) is 0 Å². The van der Waals surface area contributed by atoms with Crippen LogP contribution in [0.3, 0.4) is 0 Å². The lowest BCUT2D eigenvalue weighted by Crippen LogP contribution is -2.40. The summed E-state index contributed by atoms with van der Waals surface area (Å²) >= 11 is 4.19. The molecule has 0 aliphatic carbocycles. The third-order valence-electron chi connectivity index (χ3n) is 2.22. The summed E-state index contributed by atoms with van der Waals surface area (Å²) in [4.78, 5) is 2.36. The Bertz CT molecular complexity index is 317. The van der Waals surface area contributed by atoms with Crippen LogP contribution in [-0.2, 0) is 6.54 Å². The molecule has 0 bridgehead atoms. The molecule has 0 saturated carbocycles. The first-order chi connectivity index (χ1) is 7.37. The molecule has 0 aromatic carbocycles. The molecule has 1 N–H and O–H groups in total. The van der Waals surface area contributed by atoms with Crippen molar-refractivity contribution >= 4 is 33.9 Å². The monoisotopic (exact) mass is 352 g/mol. The molecule has 0 saturated heterocycles. The molecule has 1 heterocycles. The Morgan fingerprint density at radius 2 is 2.12 bits per heavy atom. The average Bonchev–Trinajstić information content (AvgIpc) is 2.48. The molecule has 0 fully saturated rings. The van der Waals surface area contributed by atoms with Crippen LogP contribution < -0.4 is 5.32 Å². The summed E-state index contributed by atoms with van der Waals surface area (Å²) in [5.74, 6) is 0. The number of halogens is 1. The summed E-state index contributed by atoms with van der Waals surface area (Å²) in [6.07, 6.45) is 0. The molecule has 1 rings (SSSR count). The van der Waals surface area contributed by atoms with E-state index in [9.17, 15) is 0 Å². The van der Waals surface area contributed by atoms with E-state index < -0.39 is 0 Å². The van der Waals surface area contributed by atoms with E-state index in [0.29, 0.717) is 0 Å². The lowest BCUT2D eigenvalue weighted by molar-refractivity contribution is 0.303. The first-order valence-corrected chi connectivity index (χ1v) is 7.49. The Balaban J connectivity index is 2.23. The van der Waals surface area contributed by atoms with Crippen molar-refractivity contribution in [1.82, 2.24) is 10.2 Å². The number of hydrogen-bond acceptors (Lipinski definition) is 3. The van der Waals surface area contributed by atoms with E-state index >= 15 is 0 Å². The van der Waals surface area contributed by atoms with Gasteiger partial charge in [0.25, 0.3) is 0 Å². The van der Waals surface area contributed by atoms with E-state index in [0.717, 1.165) is 19.6 Å². The molecule has 92 valence electrons. The minimum absolute atomic E-state index is 0.221. The van der Waals surface area contributed by atoms with Crippen molar-refractivity contribution in [2.45, 2.75) is 32.9 Å². The van der Waals surface area contributed by atoms with Crippen LogP contribution in [0.25, 0.3) is 0 Å². The van der Waals surface area contributed by atoms with Crippen LogP contribution in [0.2, 0.25) is 0 Å². The standard InChI is InChI=1S/C12H21IN2S/c1-12(2,3)14-5-6-15(4)8-10-7-11(13)16-9-10/h7,9,14H,5-6,8H2,1-4H3. The number of nitrogens with zero attached hydrogens (tertiary/aromatic N) is 1.